The van der Waals surface area contributed by atoms with Gasteiger partial charge in [0.2, 0.25) is 0 Å². The molecule has 70 valence electrons. The first-order chi connectivity index (χ1) is 6.24. The van der Waals surface area contributed by atoms with Gasteiger partial charge >= 0.3 is 5.97 Å². The number of carboxylic acids is 1. The maximum absolute atomic E-state index is 10.6. The molecule has 1 heterocycles. The highest BCUT2D eigenvalue weighted by molar-refractivity contribution is 5.88. The van der Waals surface area contributed by atoms with Crippen LogP contribution in [0.15, 0.2) is 18.3 Å². The Morgan fingerprint density at radius 1 is 1.69 bits per heavy atom. The number of carbonyl (C=O) groups is 1. The monoisotopic (exact) mass is 180 g/mol. The fourth-order valence-corrected chi connectivity index (χ4v) is 0.913. The molecule has 2 N–H and O–H groups in total. The lowest BCUT2D eigenvalue weighted by atomic mass is 10.2. The zero-order chi connectivity index (χ0) is 9.68. The molecule has 1 rings (SSSR count). The quantitative estimate of drug-likeness (QED) is 0.738. The average molecular weight is 180 g/mol. The topological polar surface area (TPSA) is 62.2 Å². The van der Waals surface area contributed by atoms with Crippen molar-refractivity contribution in [1.82, 2.24) is 4.98 Å². The maximum atomic E-state index is 10.6. The molecule has 1 aromatic heterocycles. The third kappa shape index (κ3) is 2.74. The number of aromatic carboxylic acids is 1. The third-order valence-electron chi connectivity index (χ3n) is 1.56. The minimum Gasteiger partial charge on any atom is -0.478 e. The number of anilines is 1. The van der Waals surface area contributed by atoms with E-state index in [1.165, 1.54) is 18.3 Å². The van der Waals surface area contributed by atoms with Crippen LogP contribution in [0.5, 0.6) is 0 Å². The highest BCUT2D eigenvalue weighted by atomic mass is 16.4. The summed E-state index contributed by atoms with van der Waals surface area (Å²) in [5.74, 6) is -0.316. The molecule has 0 atom stereocenters. The first-order valence-electron chi connectivity index (χ1n) is 4.17. The average Bonchev–Trinajstić information content (AvgIpc) is 2.15. The van der Waals surface area contributed by atoms with Gasteiger partial charge in [0.1, 0.15) is 5.82 Å². The van der Waals surface area contributed by atoms with Crippen LogP contribution < -0.4 is 5.32 Å². The highest BCUT2D eigenvalue weighted by Crippen LogP contribution is 2.06. The van der Waals surface area contributed by atoms with Crippen molar-refractivity contribution in [3.8, 4) is 0 Å². The number of carboxylic acid groups (broad SMARTS) is 1. The number of hydrogen-bond donors (Lipinski definition) is 2. The van der Waals surface area contributed by atoms with Crippen molar-refractivity contribution in [2.75, 3.05) is 11.9 Å². The van der Waals surface area contributed by atoms with Gasteiger partial charge in [-0.05, 0) is 18.6 Å². The Morgan fingerprint density at radius 2 is 2.46 bits per heavy atom. The van der Waals surface area contributed by atoms with Crippen molar-refractivity contribution < 1.29 is 9.90 Å². The van der Waals surface area contributed by atoms with Gasteiger partial charge in [-0.25, -0.2) is 9.78 Å². The molecular formula is C9H12N2O2. The fraction of sp³-hybridized carbons (Fsp3) is 0.333. The lowest BCUT2D eigenvalue weighted by molar-refractivity contribution is 0.0697. The van der Waals surface area contributed by atoms with Crippen LogP contribution in [0.3, 0.4) is 0 Å². The molecule has 0 fully saturated rings. The lowest BCUT2D eigenvalue weighted by Gasteiger charge is -2.03. The van der Waals surface area contributed by atoms with Crippen molar-refractivity contribution in [3.63, 3.8) is 0 Å². The van der Waals surface area contributed by atoms with E-state index in [1.807, 2.05) is 6.92 Å². The first kappa shape index (κ1) is 9.51. The van der Waals surface area contributed by atoms with Crippen molar-refractivity contribution in [2.24, 2.45) is 0 Å². The first-order valence-corrected chi connectivity index (χ1v) is 4.17. The second-order valence-corrected chi connectivity index (χ2v) is 2.66. The van der Waals surface area contributed by atoms with E-state index in [0.717, 1.165) is 13.0 Å². The van der Waals surface area contributed by atoms with E-state index < -0.39 is 5.97 Å². The zero-order valence-electron chi connectivity index (χ0n) is 7.45. The van der Waals surface area contributed by atoms with Crippen LogP contribution in [0.4, 0.5) is 5.82 Å². The largest absolute Gasteiger partial charge is 0.478 e. The molecule has 0 radical (unpaired) electrons. The Balaban J connectivity index is 2.73. The standard InChI is InChI=1S/C9H12N2O2/c1-2-4-10-8-6-7(9(12)13)3-5-11-8/h3,5-6H,2,4H2,1H3,(H,10,11)(H,12,13). The summed E-state index contributed by atoms with van der Waals surface area (Å²) in [6.07, 6.45) is 2.47. The van der Waals surface area contributed by atoms with Gasteiger partial charge in [-0.3, -0.25) is 0 Å². The number of nitrogens with zero attached hydrogens (tertiary/aromatic N) is 1. The van der Waals surface area contributed by atoms with E-state index in [-0.39, 0.29) is 5.56 Å². The Labute approximate surface area is 76.6 Å². The van der Waals surface area contributed by atoms with Crippen LogP contribution in [-0.4, -0.2) is 22.6 Å². The van der Waals surface area contributed by atoms with Crippen molar-refractivity contribution in [1.29, 1.82) is 0 Å². The van der Waals surface area contributed by atoms with E-state index in [9.17, 15) is 4.79 Å². The van der Waals surface area contributed by atoms with E-state index in [2.05, 4.69) is 10.3 Å². The normalized spacial score (nSPS) is 9.62. The fourth-order valence-electron chi connectivity index (χ4n) is 0.913. The number of pyridine rings is 1. The minimum atomic E-state index is -0.929. The van der Waals surface area contributed by atoms with Gasteiger partial charge in [-0.2, -0.15) is 0 Å². The second-order valence-electron chi connectivity index (χ2n) is 2.66. The van der Waals surface area contributed by atoms with Gasteiger partial charge in [-0.1, -0.05) is 6.92 Å². The van der Waals surface area contributed by atoms with Crippen molar-refractivity contribution >= 4 is 11.8 Å². The van der Waals surface area contributed by atoms with Crippen LogP contribution in [-0.2, 0) is 0 Å². The molecule has 4 heteroatoms. The summed E-state index contributed by atoms with van der Waals surface area (Å²) in [6, 6.07) is 3.00. The summed E-state index contributed by atoms with van der Waals surface area (Å²) in [4.78, 5) is 14.6. The Morgan fingerprint density at radius 3 is 3.08 bits per heavy atom. The predicted molar refractivity (Wildman–Crippen MR) is 50.0 cm³/mol. The number of hydrogen-bond acceptors (Lipinski definition) is 3. The van der Waals surface area contributed by atoms with Crippen LogP contribution in [0.2, 0.25) is 0 Å². The summed E-state index contributed by atoms with van der Waals surface area (Å²) in [7, 11) is 0. The molecule has 4 nitrogen and oxygen atoms in total. The summed E-state index contributed by atoms with van der Waals surface area (Å²) >= 11 is 0. The molecule has 0 saturated heterocycles. The minimum absolute atomic E-state index is 0.258. The zero-order valence-corrected chi connectivity index (χ0v) is 7.45. The lowest BCUT2D eigenvalue weighted by Crippen LogP contribution is -2.04. The van der Waals surface area contributed by atoms with Gasteiger partial charge in [0, 0.05) is 12.7 Å². The molecule has 0 aliphatic carbocycles. The van der Waals surface area contributed by atoms with E-state index in [4.69, 9.17) is 5.11 Å². The number of nitrogens with one attached hydrogen (secondary N) is 1. The Bertz CT molecular complexity index is 299. The van der Waals surface area contributed by atoms with Gasteiger partial charge in [-0.15, -0.1) is 0 Å². The van der Waals surface area contributed by atoms with E-state index in [1.54, 1.807) is 0 Å². The Kier molecular flexibility index (Phi) is 3.25. The maximum Gasteiger partial charge on any atom is 0.335 e. The molecule has 0 aliphatic heterocycles. The molecular weight excluding hydrogens is 168 g/mol. The molecule has 13 heavy (non-hydrogen) atoms. The molecule has 0 amide bonds. The Hall–Kier alpha value is -1.58. The van der Waals surface area contributed by atoms with Crippen LogP contribution >= 0.6 is 0 Å². The van der Waals surface area contributed by atoms with E-state index in [0.29, 0.717) is 5.82 Å². The van der Waals surface area contributed by atoms with Crippen LogP contribution in [0, 0.1) is 0 Å². The molecule has 0 aliphatic rings. The molecule has 1 aromatic rings. The molecule has 0 aromatic carbocycles. The predicted octanol–water partition coefficient (Wildman–Crippen LogP) is 1.60. The third-order valence-corrected chi connectivity index (χ3v) is 1.56. The summed E-state index contributed by atoms with van der Waals surface area (Å²) < 4.78 is 0. The van der Waals surface area contributed by atoms with Gasteiger partial charge in [0.15, 0.2) is 0 Å². The molecule has 0 bridgehead atoms. The molecule has 0 unspecified atom stereocenters. The van der Waals surface area contributed by atoms with Crippen molar-refractivity contribution in [2.45, 2.75) is 13.3 Å². The van der Waals surface area contributed by atoms with Crippen LogP contribution in [0.1, 0.15) is 23.7 Å². The summed E-state index contributed by atoms with van der Waals surface area (Å²) in [5.41, 5.74) is 0.258. The highest BCUT2D eigenvalue weighted by Gasteiger charge is 2.02. The second kappa shape index (κ2) is 4.45. The SMILES string of the molecule is CCCNc1cc(C(=O)O)ccn1. The number of aromatic nitrogens is 1. The van der Waals surface area contributed by atoms with Gasteiger partial charge in [0.25, 0.3) is 0 Å². The van der Waals surface area contributed by atoms with E-state index >= 15 is 0 Å². The summed E-state index contributed by atoms with van der Waals surface area (Å²) in [5, 5.41) is 11.7. The van der Waals surface area contributed by atoms with Gasteiger partial charge in [0.05, 0.1) is 5.56 Å². The smallest absolute Gasteiger partial charge is 0.335 e. The molecule has 0 spiro atoms. The van der Waals surface area contributed by atoms with Crippen LogP contribution in [0.25, 0.3) is 0 Å². The molecule has 0 saturated carbocycles. The number of rotatable bonds is 4. The summed E-state index contributed by atoms with van der Waals surface area (Å²) in [6.45, 7) is 2.84. The van der Waals surface area contributed by atoms with Gasteiger partial charge < -0.3 is 10.4 Å². The van der Waals surface area contributed by atoms with Crippen molar-refractivity contribution in [3.05, 3.63) is 23.9 Å².